The van der Waals surface area contributed by atoms with Gasteiger partial charge in [0.25, 0.3) is 0 Å². The number of hydrogen-bond donors (Lipinski definition) is 2. The number of likely N-dealkylation sites (tertiary alicyclic amines) is 1. The third kappa shape index (κ3) is 5.98. The fourth-order valence-corrected chi connectivity index (χ4v) is 6.70. The normalized spacial score (nSPS) is 17.0. The number of halogens is 6. The Balaban J connectivity index is 1.55. The molecule has 260 valence electrons. The van der Waals surface area contributed by atoms with Crippen molar-refractivity contribution >= 4 is 44.9 Å². The van der Waals surface area contributed by atoms with Crippen LogP contribution in [-0.4, -0.2) is 84.2 Å². The van der Waals surface area contributed by atoms with Crippen molar-refractivity contribution in [2.45, 2.75) is 37.5 Å². The number of alkyl halides is 4. The first-order valence-corrected chi connectivity index (χ1v) is 15.7. The van der Waals surface area contributed by atoms with Crippen LogP contribution in [0.3, 0.4) is 0 Å². The molecule has 2 aromatic carbocycles. The van der Waals surface area contributed by atoms with Gasteiger partial charge in [-0.2, -0.15) is 13.2 Å². The van der Waals surface area contributed by atoms with Crippen molar-refractivity contribution < 1.29 is 31.1 Å². The van der Waals surface area contributed by atoms with Crippen LogP contribution in [0.5, 0.6) is 0 Å². The molecule has 0 radical (unpaired) electrons. The van der Waals surface area contributed by atoms with E-state index in [1.54, 1.807) is 0 Å². The van der Waals surface area contributed by atoms with Gasteiger partial charge in [0, 0.05) is 66.4 Å². The third-order valence-electron chi connectivity index (χ3n) is 9.72. The summed E-state index contributed by atoms with van der Waals surface area (Å²) in [7, 11) is 3.83. The lowest BCUT2D eigenvalue weighted by Gasteiger charge is -2.52. The van der Waals surface area contributed by atoms with E-state index in [0.29, 0.717) is 25.9 Å². The standard InChI is InChI=1S/C34H36F6N8O/c1-33(45(2)3)17-47(18-33)32-28(41)31(48(42)19-10-14-46(15-11-19)25(49)7-4-12-35)22-16-23(34(38,39)40)26(27(37)30(22)44-32)21-8-9-24(36)20-6-5-13-43-29(20)21/h4-9,13,16,19H,10-12,14-15,17-18,41-42H2,1-3H3/b7-4+. The molecule has 0 unspecified atom stereocenters. The van der Waals surface area contributed by atoms with E-state index in [9.17, 15) is 26.7 Å². The van der Waals surface area contributed by atoms with Gasteiger partial charge in [-0.25, -0.2) is 24.0 Å². The van der Waals surface area contributed by atoms with E-state index in [0.717, 1.165) is 30.4 Å². The van der Waals surface area contributed by atoms with E-state index in [1.807, 2.05) is 30.8 Å². The molecule has 4 aromatic rings. The van der Waals surface area contributed by atoms with Gasteiger partial charge >= 0.3 is 6.18 Å². The zero-order valence-corrected chi connectivity index (χ0v) is 27.2. The quantitative estimate of drug-likeness (QED) is 0.111. The van der Waals surface area contributed by atoms with Crippen LogP contribution in [0.4, 0.5) is 43.5 Å². The van der Waals surface area contributed by atoms with Crippen LogP contribution in [0.2, 0.25) is 0 Å². The van der Waals surface area contributed by atoms with Crippen LogP contribution in [0, 0.1) is 11.6 Å². The molecule has 0 atom stereocenters. The molecule has 0 bridgehead atoms. The number of likely N-dealkylation sites (N-methyl/N-ethyl adjacent to an activating group) is 1. The van der Waals surface area contributed by atoms with Gasteiger partial charge < -0.3 is 25.4 Å². The number of fused-ring (bicyclic) bond motifs is 2. The molecule has 4 N–H and O–H groups in total. The zero-order valence-electron chi connectivity index (χ0n) is 27.2. The smallest absolute Gasteiger partial charge is 0.394 e. The first-order chi connectivity index (χ1) is 23.2. The maximum atomic E-state index is 17.0. The molecule has 0 aliphatic carbocycles. The molecule has 15 heteroatoms. The summed E-state index contributed by atoms with van der Waals surface area (Å²) in [5, 5.41) is 0.930. The highest BCUT2D eigenvalue weighted by Crippen LogP contribution is 2.48. The summed E-state index contributed by atoms with van der Waals surface area (Å²) in [4.78, 5) is 26.5. The molecule has 9 nitrogen and oxygen atoms in total. The third-order valence-corrected chi connectivity index (χ3v) is 9.72. The molecule has 6 rings (SSSR count). The second-order valence-electron chi connectivity index (χ2n) is 13.0. The summed E-state index contributed by atoms with van der Waals surface area (Å²) >= 11 is 0. The Morgan fingerprint density at radius 3 is 2.43 bits per heavy atom. The number of nitrogens with zero attached hydrogens (tertiary/aromatic N) is 6. The monoisotopic (exact) mass is 686 g/mol. The lowest BCUT2D eigenvalue weighted by Crippen LogP contribution is -2.67. The minimum atomic E-state index is -5.06. The van der Waals surface area contributed by atoms with E-state index >= 15 is 4.39 Å². The largest absolute Gasteiger partial charge is 0.417 e. The molecule has 0 spiro atoms. The number of nitrogens with two attached hydrogens (primary N) is 2. The minimum Gasteiger partial charge on any atom is -0.394 e. The lowest BCUT2D eigenvalue weighted by molar-refractivity contribution is -0.137. The number of amides is 1. The fraction of sp³-hybridized carbons (Fsp3) is 0.382. The second-order valence-corrected chi connectivity index (χ2v) is 13.0. The number of hydrogen-bond acceptors (Lipinski definition) is 8. The van der Waals surface area contributed by atoms with Crippen molar-refractivity contribution in [3.8, 4) is 11.1 Å². The van der Waals surface area contributed by atoms with Crippen LogP contribution < -0.4 is 21.5 Å². The molecular formula is C34H36F6N8O. The zero-order chi connectivity index (χ0) is 35.4. The van der Waals surface area contributed by atoms with Gasteiger partial charge in [0.05, 0.1) is 22.3 Å². The number of benzene rings is 2. The SMILES string of the molecule is CN(C)C1(C)CN(c2nc3c(F)c(-c4ccc(F)c5cccnc45)c(C(F)(F)F)cc3c(N(N)C3CCN(C(=O)/C=C/CF)CC3)c2N)C1. The van der Waals surface area contributed by atoms with Crippen molar-refractivity contribution in [2.75, 3.05) is 62.6 Å². The maximum absolute atomic E-state index is 17.0. The van der Waals surface area contributed by atoms with Gasteiger partial charge in [-0.15, -0.1) is 0 Å². The summed E-state index contributed by atoms with van der Waals surface area (Å²) in [5.41, 5.74) is 3.44. The molecule has 2 aromatic heterocycles. The first-order valence-electron chi connectivity index (χ1n) is 15.7. The molecule has 1 amide bonds. The van der Waals surface area contributed by atoms with Gasteiger partial charge in [-0.05, 0) is 70.3 Å². The van der Waals surface area contributed by atoms with Crippen molar-refractivity contribution in [2.24, 2.45) is 5.84 Å². The molecule has 0 saturated carbocycles. The van der Waals surface area contributed by atoms with E-state index in [1.165, 1.54) is 28.2 Å². The highest BCUT2D eigenvalue weighted by molar-refractivity contribution is 6.06. The van der Waals surface area contributed by atoms with Crippen LogP contribution in [0.15, 0.2) is 48.7 Å². The molecule has 2 aliphatic rings. The van der Waals surface area contributed by atoms with Crippen LogP contribution in [0.1, 0.15) is 25.3 Å². The number of pyridine rings is 2. The lowest BCUT2D eigenvalue weighted by atomic mass is 9.90. The minimum absolute atomic E-state index is 0.0191. The summed E-state index contributed by atoms with van der Waals surface area (Å²) in [6.07, 6.45) is -0.888. The van der Waals surface area contributed by atoms with E-state index in [-0.39, 0.29) is 63.6 Å². The summed E-state index contributed by atoms with van der Waals surface area (Å²) in [6, 6.07) is 5.13. The van der Waals surface area contributed by atoms with E-state index in [2.05, 4.69) is 9.97 Å². The summed E-state index contributed by atoms with van der Waals surface area (Å²) < 4.78 is 89.0. The van der Waals surface area contributed by atoms with E-state index < -0.39 is 47.2 Å². The van der Waals surface area contributed by atoms with Crippen molar-refractivity contribution in [3.63, 3.8) is 0 Å². The van der Waals surface area contributed by atoms with Gasteiger partial charge in [0.1, 0.15) is 23.7 Å². The summed E-state index contributed by atoms with van der Waals surface area (Å²) in [6.45, 7) is 2.62. The molecule has 2 aliphatic heterocycles. The Bertz CT molecular complexity index is 1950. The number of rotatable bonds is 7. The maximum Gasteiger partial charge on any atom is 0.417 e. The fourth-order valence-electron chi connectivity index (χ4n) is 6.70. The predicted molar refractivity (Wildman–Crippen MR) is 177 cm³/mol. The number of piperidine rings is 1. The molecule has 2 saturated heterocycles. The number of aromatic nitrogens is 2. The Labute approximate surface area is 278 Å². The molecular weight excluding hydrogens is 650 g/mol. The number of carbonyl (C=O) groups excluding carboxylic acids is 1. The average molecular weight is 687 g/mol. The van der Waals surface area contributed by atoms with Crippen LogP contribution in [-0.2, 0) is 11.0 Å². The topological polar surface area (TPSA) is 108 Å². The van der Waals surface area contributed by atoms with Gasteiger partial charge in [-0.3, -0.25) is 9.78 Å². The van der Waals surface area contributed by atoms with Crippen molar-refractivity contribution in [1.29, 1.82) is 0 Å². The Kier molecular flexibility index (Phi) is 8.86. The number of nitrogen functional groups attached to an aromatic ring is 1. The number of carbonyl (C=O) groups is 1. The number of allylic oxidation sites excluding steroid dienone is 1. The second kappa shape index (κ2) is 12.7. The summed E-state index contributed by atoms with van der Waals surface area (Å²) in [5.74, 6) is 4.48. The molecule has 4 heterocycles. The Morgan fingerprint density at radius 1 is 1.10 bits per heavy atom. The van der Waals surface area contributed by atoms with Crippen LogP contribution in [0.25, 0.3) is 32.9 Å². The van der Waals surface area contributed by atoms with Gasteiger partial charge in [-0.1, -0.05) is 0 Å². The Hall–Kier alpha value is -4.63. The van der Waals surface area contributed by atoms with Crippen molar-refractivity contribution in [3.05, 3.63) is 65.9 Å². The highest BCUT2D eigenvalue weighted by Gasteiger charge is 2.44. The van der Waals surface area contributed by atoms with E-state index in [4.69, 9.17) is 11.6 Å². The van der Waals surface area contributed by atoms with Crippen molar-refractivity contribution in [1.82, 2.24) is 19.8 Å². The van der Waals surface area contributed by atoms with Gasteiger partial charge in [0.15, 0.2) is 11.6 Å². The first kappa shape index (κ1) is 34.2. The Morgan fingerprint density at radius 2 is 1.80 bits per heavy atom. The molecule has 49 heavy (non-hydrogen) atoms. The predicted octanol–water partition coefficient (Wildman–Crippen LogP) is 5.67. The van der Waals surface area contributed by atoms with Gasteiger partial charge in [0.2, 0.25) is 5.91 Å². The molecule has 2 fully saturated rings. The number of hydrazine groups is 1. The highest BCUT2D eigenvalue weighted by atomic mass is 19.4. The van der Waals surface area contributed by atoms with Crippen LogP contribution >= 0.6 is 0 Å². The average Bonchev–Trinajstić information content (AvgIpc) is 3.05. The number of anilines is 3.